The predicted molar refractivity (Wildman–Crippen MR) is 120 cm³/mol. The topological polar surface area (TPSA) is 80.2 Å². The third-order valence-electron chi connectivity index (χ3n) is 5.41. The number of hydrogen-bond acceptors (Lipinski definition) is 6. The molecular weight excluding hydrogens is 409 g/mol. The Hall–Kier alpha value is -4.07. The minimum Gasteiger partial charge on any atom is -0.494 e. The van der Waals surface area contributed by atoms with Gasteiger partial charge in [-0.05, 0) is 35.9 Å². The molecule has 2 aromatic heterocycles. The number of carbonyl (C=O) groups is 1. The van der Waals surface area contributed by atoms with Crippen LogP contribution in [0.15, 0.2) is 60.9 Å². The molecule has 1 N–H and O–H groups in total. The average molecular weight is 429 g/mol. The molecule has 1 fully saturated rings. The van der Waals surface area contributed by atoms with E-state index in [1.807, 2.05) is 23.1 Å². The molecule has 1 aliphatic rings. The van der Waals surface area contributed by atoms with Crippen molar-refractivity contribution >= 4 is 22.6 Å². The second-order valence-corrected chi connectivity index (χ2v) is 7.44. The monoisotopic (exact) mass is 429 g/mol. The molecule has 160 valence electrons. The summed E-state index contributed by atoms with van der Waals surface area (Å²) in [6, 6.07) is 13.9. The third-order valence-corrected chi connectivity index (χ3v) is 5.41. The molecule has 3 heterocycles. The molecule has 32 heavy (non-hydrogen) atoms. The van der Waals surface area contributed by atoms with Crippen molar-refractivity contribution in [2.24, 2.45) is 0 Å². The minimum atomic E-state index is -0.333. The van der Waals surface area contributed by atoms with Gasteiger partial charge < -0.3 is 15.0 Å². The number of hydrogen-bond donors (Lipinski definition) is 1. The molecule has 1 saturated heterocycles. The van der Waals surface area contributed by atoms with Crippen LogP contribution in [-0.4, -0.2) is 47.6 Å². The molecule has 7 nitrogen and oxygen atoms in total. The molecule has 0 atom stereocenters. The molecule has 1 amide bonds. The van der Waals surface area contributed by atoms with E-state index in [1.165, 1.54) is 6.07 Å². The maximum atomic E-state index is 14.6. The Morgan fingerprint density at radius 2 is 1.97 bits per heavy atom. The minimum absolute atomic E-state index is 0.0804. The van der Waals surface area contributed by atoms with Crippen LogP contribution in [0.4, 0.5) is 10.2 Å². The first-order chi connectivity index (χ1) is 15.6. The molecule has 0 radical (unpaired) electrons. The van der Waals surface area contributed by atoms with E-state index >= 15 is 0 Å². The normalized spacial score (nSPS) is 13.8. The Labute approximate surface area is 183 Å². The summed E-state index contributed by atoms with van der Waals surface area (Å²) < 4.78 is 20.2. The lowest BCUT2D eigenvalue weighted by molar-refractivity contribution is -0.120. The smallest absolute Gasteiger partial charge is 0.239 e. The van der Waals surface area contributed by atoms with Crippen LogP contribution in [0.25, 0.3) is 33.4 Å². The molecule has 0 aliphatic carbocycles. The Morgan fingerprint density at radius 3 is 2.72 bits per heavy atom. The van der Waals surface area contributed by atoms with Crippen LogP contribution in [0.3, 0.4) is 0 Å². The number of pyridine rings is 1. The van der Waals surface area contributed by atoms with Gasteiger partial charge in [-0.3, -0.25) is 9.78 Å². The molecule has 2 aromatic carbocycles. The fourth-order valence-corrected chi connectivity index (χ4v) is 3.88. The number of rotatable bonds is 4. The highest BCUT2D eigenvalue weighted by Gasteiger charge is 2.23. The summed E-state index contributed by atoms with van der Waals surface area (Å²) in [4.78, 5) is 27.8. The first-order valence-electron chi connectivity index (χ1n) is 10.2. The fourth-order valence-electron chi connectivity index (χ4n) is 3.88. The highest BCUT2D eigenvalue weighted by molar-refractivity contribution is 5.99. The van der Waals surface area contributed by atoms with Crippen LogP contribution in [0.5, 0.6) is 5.75 Å². The van der Waals surface area contributed by atoms with Crippen molar-refractivity contribution in [2.45, 2.75) is 0 Å². The molecule has 5 rings (SSSR count). The van der Waals surface area contributed by atoms with E-state index in [0.29, 0.717) is 52.5 Å². The zero-order valence-corrected chi connectivity index (χ0v) is 17.4. The first-order valence-corrected chi connectivity index (χ1v) is 10.2. The number of halogens is 1. The Bertz CT molecular complexity index is 1310. The summed E-state index contributed by atoms with van der Waals surface area (Å²) in [5.41, 5.74) is 2.43. The van der Waals surface area contributed by atoms with E-state index in [1.54, 1.807) is 43.8 Å². The van der Waals surface area contributed by atoms with Crippen molar-refractivity contribution in [1.82, 2.24) is 20.3 Å². The summed E-state index contributed by atoms with van der Waals surface area (Å²) in [6.45, 7) is 1.28. The van der Waals surface area contributed by atoms with Gasteiger partial charge in [0, 0.05) is 42.0 Å². The number of benzene rings is 2. The fraction of sp³-hybridized carbons (Fsp3) is 0.167. The molecular formula is C24H20FN5O2. The lowest BCUT2D eigenvalue weighted by Crippen LogP contribution is -2.48. The summed E-state index contributed by atoms with van der Waals surface area (Å²) in [6.07, 6.45) is 3.37. The predicted octanol–water partition coefficient (Wildman–Crippen LogP) is 3.44. The highest BCUT2D eigenvalue weighted by atomic mass is 19.1. The van der Waals surface area contributed by atoms with E-state index in [-0.39, 0.29) is 18.3 Å². The van der Waals surface area contributed by atoms with Gasteiger partial charge in [-0.25, -0.2) is 14.4 Å². The number of aromatic nitrogens is 3. The van der Waals surface area contributed by atoms with Gasteiger partial charge in [-0.1, -0.05) is 18.2 Å². The van der Waals surface area contributed by atoms with Crippen LogP contribution in [-0.2, 0) is 4.79 Å². The summed E-state index contributed by atoms with van der Waals surface area (Å²) >= 11 is 0. The van der Waals surface area contributed by atoms with Gasteiger partial charge in [0.25, 0.3) is 0 Å². The van der Waals surface area contributed by atoms with Crippen molar-refractivity contribution < 1.29 is 13.9 Å². The standard InChI is InChI=1S/C24H20FN5O2/c1-32-20-12-16(17-6-2-3-7-19(17)25)11-18-22(20)28-23(15-5-4-8-26-13-15)29-24(18)30-10-9-27-21(31)14-30/h2-8,11-13H,9-10,14H2,1H3,(H,27,31). The van der Waals surface area contributed by atoms with Gasteiger partial charge in [0.2, 0.25) is 5.91 Å². The maximum Gasteiger partial charge on any atom is 0.239 e. The van der Waals surface area contributed by atoms with E-state index in [9.17, 15) is 9.18 Å². The zero-order chi connectivity index (χ0) is 22.1. The van der Waals surface area contributed by atoms with Gasteiger partial charge in [-0.15, -0.1) is 0 Å². The molecule has 0 saturated carbocycles. The Morgan fingerprint density at radius 1 is 1.09 bits per heavy atom. The number of nitrogens with zero attached hydrogens (tertiary/aromatic N) is 4. The highest BCUT2D eigenvalue weighted by Crippen LogP contribution is 2.37. The number of fused-ring (bicyclic) bond motifs is 1. The van der Waals surface area contributed by atoms with Crippen LogP contribution in [0.1, 0.15) is 0 Å². The summed E-state index contributed by atoms with van der Waals surface area (Å²) in [5, 5.41) is 3.52. The van der Waals surface area contributed by atoms with E-state index < -0.39 is 0 Å². The van der Waals surface area contributed by atoms with Crippen molar-refractivity contribution in [3.05, 3.63) is 66.7 Å². The van der Waals surface area contributed by atoms with Crippen molar-refractivity contribution in [3.63, 3.8) is 0 Å². The van der Waals surface area contributed by atoms with Crippen molar-refractivity contribution in [2.75, 3.05) is 31.6 Å². The number of ether oxygens (including phenoxy) is 1. The van der Waals surface area contributed by atoms with E-state index in [0.717, 1.165) is 5.56 Å². The lowest BCUT2D eigenvalue weighted by atomic mass is 10.0. The largest absolute Gasteiger partial charge is 0.494 e. The van der Waals surface area contributed by atoms with Crippen molar-refractivity contribution in [1.29, 1.82) is 0 Å². The molecule has 1 aliphatic heterocycles. The number of amides is 1. The van der Waals surface area contributed by atoms with Crippen molar-refractivity contribution in [3.8, 4) is 28.3 Å². The number of anilines is 1. The van der Waals surface area contributed by atoms with Gasteiger partial charge >= 0.3 is 0 Å². The summed E-state index contributed by atoms with van der Waals surface area (Å²) in [5.74, 6) is 1.16. The van der Waals surface area contributed by atoms with Crippen LogP contribution in [0, 0.1) is 5.82 Å². The Kier molecular flexibility index (Phi) is 5.10. The molecule has 4 aromatic rings. The molecule has 0 unspecified atom stereocenters. The lowest BCUT2D eigenvalue weighted by Gasteiger charge is -2.29. The number of nitrogens with one attached hydrogen (secondary N) is 1. The molecule has 0 spiro atoms. The van der Waals surface area contributed by atoms with E-state index in [4.69, 9.17) is 14.7 Å². The number of carbonyl (C=O) groups excluding carboxylic acids is 1. The van der Waals surface area contributed by atoms with Gasteiger partial charge in [0.1, 0.15) is 22.9 Å². The second-order valence-electron chi connectivity index (χ2n) is 7.44. The quantitative estimate of drug-likeness (QED) is 0.535. The Balaban J connectivity index is 1.79. The molecule has 8 heteroatoms. The molecule has 0 bridgehead atoms. The third kappa shape index (κ3) is 3.60. The SMILES string of the molecule is COc1cc(-c2ccccc2F)cc2c(N3CCNC(=O)C3)nc(-c3cccnc3)nc12. The first kappa shape index (κ1) is 19.9. The van der Waals surface area contributed by atoms with Crippen LogP contribution < -0.4 is 15.0 Å². The maximum absolute atomic E-state index is 14.6. The van der Waals surface area contributed by atoms with Gasteiger partial charge in [0.05, 0.1) is 13.7 Å². The van der Waals surface area contributed by atoms with E-state index in [2.05, 4.69) is 10.3 Å². The van der Waals surface area contributed by atoms with Gasteiger partial charge in [-0.2, -0.15) is 0 Å². The van der Waals surface area contributed by atoms with Crippen LogP contribution >= 0.6 is 0 Å². The average Bonchev–Trinajstić information content (AvgIpc) is 2.83. The van der Waals surface area contributed by atoms with Gasteiger partial charge in [0.15, 0.2) is 5.82 Å². The number of piperazine rings is 1. The zero-order valence-electron chi connectivity index (χ0n) is 17.4. The van der Waals surface area contributed by atoms with Crippen LogP contribution in [0.2, 0.25) is 0 Å². The number of methoxy groups -OCH3 is 1. The second kappa shape index (κ2) is 8.22. The summed E-state index contributed by atoms with van der Waals surface area (Å²) in [7, 11) is 1.56.